The summed E-state index contributed by atoms with van der Waals surface area (Å²) in [4.78, 5) is 10.8. The van der Waals surface area contributed by atoms with Crippen LogP contribution in [0.3, 0.4) is 0 Å². The molecule has 1 aromatic rings. The van der Waals surface area contributed by atoms with Crippen LogP contribution < -0.4 is 0 Å². The number of carboxylic acids is 1. The summed E-state index contributed by atoms with van der Waals surface area (Å²) >= 11 is 1.46. The topological polar surface area (TPSA) is 57.5 Å². The monoisotopic (exact) mass is 336 g/mol. The van der Waals surface area contributed by atoms with E-state index >= 15 is 0 Å². The third kappa shape index (κ3) is 5.31. The number of carboxylic acid groups (broad SMARTS) is 1. The molecule has 4 heteroatoms. The molecule has 0 saturated heterocycles. The Morgan fingerprint density at radius 3 is 1.87 bits per heavy atom. The van der Waals surface area contributed by atoms with Gasteiger partial charge in [-0.2, -0.15) is 0 Å². The molecule has 0 spiro atoms. The summed E-state index contributed by atoms with van der Waals surface area (Å²) in [5.41, 5.74) is 2.98. The Labute approximate surface area is 143 Å². The molecule has 1 aromatic carbocycles. The van der Waals surface area contributed by atoms with Crippen molar-refractivity contribution < 1.29 is 15.0 Å². The lowest BCUT2D eigenvalue weighted by atomic mass is 9.78. The van der Waals surface area contributed by atoms with E-state index in [1.54, 1.807) is 12.3 Å². The van der Waals surface area contributed by atoms with Gasteiger partial charge in [-0.3, -0.25) is 0 Å². The molecule has 1 rings (SSSR count). The van der Waals surface area contributed by atoms with Crippen LogP contribution in [0.25, 0.3) is 0 Å². The normalized spacial score (nSPS) is 13.3. The highest BCUT2D eigenvalue weighted by molar-refractivity contribution is 8.01. The van der Waals surface area contributed by atoms with Gasteiger partial charge in [-0.1, -0.05) is 53.7 Å². The van der Waals surface area contributed by atoms with Crippen molar-refractivity contribution in [3.63, 3.8) is 0 Å². The van der Waals surface area contributed by atoms with Gasteiger partial charge >= 0.3 is 5.97 Å². The van der Waals surface area contributed by atoms with Crippen molar-refractivity contribution in [1.82, 2.24) is 0 Å². The third-order valence-electron chi connectivity index (χ3n) is 3.63. The van der Waals surface area contributed by atoms with E-state index in [-0.39, 0.29) is 10.8 Å². The third-order valence-corrected chi connectivity index (χ3v) is 4.65. The number of benzene rings is 1. The quantitative estimate of drug-likeness (QED) is 0.741. The van der Waals surface area contributed by atoms with Crippen molar-refractivity contribution in [3.8, 4) is 5.75 Å². The second-order valence-corrected chi connectivity index (χ2v) is 8.81. The fourth-order valence-corrected chi connectivity index (χ4v) is 3.03. The first-order valence-electron chi connectivity index (χ1n) is 7.72. The van der Waals surface area contributed by atoms with Crippen molar-refractivity contribution in [1.29, 1.82) is 0 Å². The van der Waals surface area contributed by atoms with Crippen molar-refractivity contribution in [2.24, 2.45) is 0 Å². The fraction of sp³-hybridized carbons (Fsp3) is 0.526. The molecule has 3 nitrogen and oxygen atoms in total. The molecule has 0 unspecified atom stereocenters. The highest BCUT2D eigenvalue weighted by Crippen LogP contribution is 2.40. The van der Waals surface area contributed by atoms with Gasteiger partial charge in [0.1, 0.15) is 5.75 Å². The van der Waals surface area contributed by atoms with E-state index in [1.807, 2.05) is 12.1 Å². The van der Waals surface area contributed by atoms with Crippen LogP contribution in [0.15, 0.2) is 23.1 Å². The van der Waals surface area contributed by atoms with E-state index in [0.29, 0.717) is 17.1 Å². The number of phenolic OH excluding ortho intramolecular Hbond substituents is 1. The standard InChI is InChI=1S/C19H28O3S/c1-12(17(21)22)10-23-11-13-8-14(18(2,3)4)16(20)15(9-13)19(5,6)7/h8-10,20H,11H2,1-7H3,(H,21,22)/b12-10+. The van der Waals surface area contributed by atoms with Gasteiger partial charge in [0.15, 0.2) is 0 Å². The summed E-state index contributed by atoms with van der Waals surface area (Å²) in [5, 5.41) is 21.2. The van der Waals surface area contributed by atoms with Crippen molar-refractivity contribution in [2.45, 2.75) is 65.0 Å². The Balaban J connectivity index is 3.24. The van der Waals surface area contributed by atoms with Crippen LogP contribution in [-0.4, -0.2) is 16.2 Å². The maximum atomic E-state index is 10.8. The second-order valence-electron chi connectivity index (χ2n) is 7.96. The van der Waals surface area contributed by atoms with Gasteiger partial charge in [-0.15, -0.1) is 11.8 Å². The second kappa shape index (κ2) is 7.00. The lowest BCUT2D eigenvalue weighted by molar-refractivity contribution is -0.132. The van der Waals surface area contributed by atoms with Gasteiger partial charge in [0.2, 0.25) is 0 Å². The fourth-order valence-electron chi connectivity index (χ4n) is 2.23. The molecule has 0 atom stereocenters. The van der Waals surface area contributed by atoms with Crippen LogP contribution in [0.2, 0.25) is 0 Å². The smallest absolute Gasteiger partial charge is 0.331 e. The Morgan fingerprint density at radius 1 is 1.09 bits per heavy atom. The van der Waals surface area contributed by atoms with Crippen LogP contribution in [0.5, 0.6) is 5.75 Å². The van der Waals surface area contributed by atoms with E-state index in [1.165, 1.54) is 11.8 Å². The molecule has 0 heterocycles. The minimum atomic E-state index is -0.894. The number of rotatable bonds is 4. The number of hydrogen-bond acceptors (Lipinski definition) is 3. The average Bonchev–Trinajstić information content (AvgIpc) is 2.37. The number of hydrogen-bond donors (Lipinski definition) is 2. The van der Waals surface area contributed by atoms with E-state index in [0.717, 1.165) is 16.7 Å². The van der Waals surface area contributed by atoms with Crippen LogP contribution >= 0.6 is 11.8 Å². The van der Waals surface area contributed by atoms with Gasteiger partial charge in [0.05, 0.1) is 0 Å². The number of aromatic hydroxyl groups is 1. The van der Waals surface area contributed by atoms with Gasteiger partial charge in [-0.05, 0) is 39.9 Å². The average molecular weight is 336 g/mol. The Kier molecular flexibility index (Phi) is 5.97. The van der Waals surface area contributed by atoms with Gasteiger partial charge in [-0.25, -0.2) is 4.79 Å². The number of carbonyl (C=O) groups is 1. The van der Waals surface area contributed by atoms with Gasteiger partial charge in [0.25, 0.3) is 0 Å². The Hall–Kier alpha value is -1.42. The highest BCUT2D eigenvalue weighted by Gasteiger charge is 2.26. The van der Waals surface area contributed by atoms with E-state index in [4.69, 9.17) is 5.11 Å². The lowest BCUT2D eigenvalue weighted by Gasteiger charge is -2.28. The zero-order valence-electron chi connectivity index (χ0n) is 15.2. The first-order chi connectivity index (χ1) is 10.3. The summed E-state index contributed by atoms with van der Waals surface area (Å²) in [6.45, 7) is 14.1. The first kappa shape index (κ1) is 19.6. The molecule has 0 radical (unpaired) electrons. The van der Waals surface area contributed by atoms with E-state index < -0.39 is 5.97 Å². The van der Waals surface area contributed by atoms with Crippen LogP contribution in [0, 0.1) is 0 Å². The molecule has 0 aromatic heterocycles. The summed E-state index contributed by atoms with van der Waals surface area (Å²) in [7, 11) is 0. The molecular weight excluding hydrogens is 308 g/mol. The molecule has 2 N–H and O–H groups in total. The maximum Gasteiger partial charge on any atom is 0.331 e. The zero-order valence-corrected chi connectivity index (χ0v) is 16.0. The molecule has 0 aliphatic rings. The van der Waals surface area contributed by atoms with Gasteiger partial charge < -0.3 is 10.2 Å². The Morgan fingerprint density at radius 2 is 1.52 bits per heavy atom. The molecule has 128 valence electrons. The summed E-state index contributed by atoms with van der Waals surface area (Å²) in [5.74, 6) is 0.154. The van der Waals surface area contributed by atoms with Crippen LogP contribution in [0.4, 0.5) is 0 Å². The molecule has 0 fully saturated rings. The van der Waals surface area contributed by atoms with Gasteiger partial charge in [0, 0.05) is 11.3 Å². The molecule has 0 amide bonds. The maximum absolute atomic E-state index is 10.8. The van der Waals surface area contributed by atoms with E-state index in [9.17, 15) is 9.90 Å². The summed E-state index contributed by atoms with van der Waals surface area (Å²) in [6, 6.07) is 4.06. The van der Waals surface area contributed by atoms with Crippen molar-refractivity contribution in [3.05, 3.63) is 39.8 Å². The molecule has 0 bridgehead atoms. The summed E-state index contributed by atoms with van der Waals surface area (Å²) in [6.07, 6.45) is 0. The molecule has 0 saturated carbocycles. The molecular formula is C19H28O3S. The number of aliphatic carboxylic acids is 1. The summed E-state index contributed by atoms with van der Waals surface area (Å²) < 4.78 is 0. The SMILES string of the molecule is C/C(=C\SCc1cc(C(C)(C)C)c(O)c(C(C)(C)C)c1)C(=O)O. The lowest BCUT2D eigenvalue weighted by Crippen LogP contribution is -2.17. The highest BCUT2D eigenvalue weighted by atomic mass is 32.2. The predicted molar refractivity (Wildman–Crippen MR) is 98.2 cm³/mol. The van der Waals surface area contributed by atoms with Crippen molar-refractivity contribution >= 4 is 17.7 Å². The first-order valence-corrected chi connectivity index (χ1v) is 8.77. The molecule has 0 aliphatic heterocycles. The minimum Gasteiger partial charge on any atom is -0.507 e. The predicted octanol–water partition coefficient (Wildman–Crippen LogP) is 5.21. The number of thioether (sulfide) groups is 1. The van der Waals surface area contributed by atoms with Crippen LogP contribution in [-0.2, 0) is 21.4 Å². The van der Waals surface area contributed by atoms with E-state index in [2.05, 4.69) is 41.5 Å². The molecule has 23 heavy (non-hydrogen) atoms. The van der Waals surface area contributed by atoms with Crippen molar-refractivity contribution in [2.75, 3.05) is 0 Å². The zero-order chi connectivity index (χ0) is 18.0. The molecule has 0 aliphatic carbocycles. The Bertz CT molecular complexity index is 581. The minimum absolute atomic E-state index is 0.155. The van der Waals surface area contributed by atoms with Crippen LogP contribution in [0.1, 0.15) is 65.2 Å². The largest absolute Gasteiger partial charge is 0.507 e. The number of phenols is 1.